The summed E-state index contributed by atoms with van der Waals surface area (Å²) in [5, 5.41) is 0.919. The number of halogens is 1. The first-order valence-corrected chi connectivity index (χ1v) is 9.69. The summed E-state index contributed by atoms with van der Waals surface area (Å²) in [4.78, 5) is 25.9. The number of carbonyl (C=O) groups is 2. The van der Waals surface area contributed by atoms with Gasteiger partial charge in [-0.2, -0.15) is 0 Å². The minimum atomic E-state index is -1.12. The number of rotatable bonds is 9. The van der Waals surface area contributed by atoms with E-state index in [1.54, 1.807) is 26.2 Å². The van der Waals surface area contributed by atoms with Crippen LogP contribution in [0.3, 0.4) is 0 Å². The molecule has 0 bridgehead atoms. The summed E-state index contributed by atoms with van der Waals surface area (Å²) >= 11 is 3.41. The molecule has 0 radical (unpaired) electrons. The van der Waals surface area contributed by atoms with Crippen LogP contribution in [0.5, 0.6) is 11.5 Å². The topological polar surface area (TPSA) is 61.8 Å². The maximum absolute atomic E-state index is 13.2. The van der Waals surface area contributed by atoms with Crippen LogP contribution in [-0.2, 0) is 16.0 Å². The Bertz CT molecular complexity index is 643. The Balaban J connectivity index is 2.37. The van der Waals surface area contributed by atoms with E-state index >= 15 is 0 Å². The summed E-state index contributed by atoms with van der Waals surface area (Å²) in [5.41, 5.74) is 0.226. The molecule has 0 fully saturated rings. The van der Waals surface area contributed by atoms with Gasteiger partial charge in [0.15, 0.2) is 17.3 Å². The van der Waals surface area contributed by atoms with Gasteiger partial charge in [-0.3, -0.25) is 9.59 Å². The predicted octanol–water partition coefficient (Wildman–Crippen LogP) is 3.95. The van der Waals surface area contributed by atoms with Crippen molar-refractivity contribution in [2.75, 3.05) is 26.2 Å². The second-order valence-corrected chi connectivity index (χ2v) is 6.97. The summed E-state index contributed by atoms with van der Waals surface area (Å²) < 4.78 is 15.9. The zero-order chi connectivity index (χ0) is 18.4. The summed E-state index contributed by atoms with van der Waals surface area (Å²) in [7, 11) is 3.09. The number of alkyl halides is 1. The molecule has 0 saturated heterocycles. The lowest BCUT2D eigenvalue weighted by Crippen LogP contribution is -2.38. The Morgan fingerprint density at radius 3 is 2.44 bits per heavy atom. The van der Waals surface area contributed by atoms with E-state index in [4.69, 9.17) is 14.2 Å². The molecule has 0 heterocycles. The van der Waals surface area contributed by atoms with E-state index < -0.39 is 11.4 Å². The number of esters is 1. The van der Waals surface area contributed by atoms with Crippen LogP contribution in [0.1, 0.15) is 48.5 Å². The van der Waals surface area contributed by atoms with Crippen molar-refractivity contribution in [1.29, 1.82) is 0 Å². The van der Waals surface area contributed by atoms with Crippen LogP contribution in [0.25, 0.3) is 0 Å². The first-order valence-electron chi connectivity index (χ1n) is 8.57. The Morgan fingerprint density at radius 1 is 1.16 bits per heavy atom. The van der Waals surface area contributed by atoms with E-state index in [1.807, 2.05) is 0 Å². The predicted molar refractivity (Wildman–Crippen MR) is 98.9 cm³/mol. The third-order valence-electron chi connectivity index (χ3n) is 4.68. The van der Waals surface area contributed by atoms with Gasteiger partial charge in [-0.05, 0) is 43.9 Å². The van der Waals surface area contributed by atoms with Crippen LogP contribution in [0.15, 0.2) is 12.1 Å². The van der Waals surface area contributed by atoms with Crippen molar-refractivity contribution in [2.24, 2.45) is 5.41 Å². The molecule has 0 aliphatic heterocycles. The molecule has 138 valence electrons. The van der Waals surface area contributed by atoms with Gasteiger partial charge < -0.3 is 14.2 Å². The third-order valence-corrected chi connectivity index (χ3v) is 5.24. The molecule has 5 nitrogen and oxygen atoms in total. The first kappa shape index (κ1) is 19.8. The molecular formula is C19H25BrO5. The molecule has 0 aromatic heterocycles. The van der Waals surface area contributed by atoms with Crippen LogP contribution in [0.4, 0.5) is 0 Å². The van der Waals surface area contributed by atoms with Gasteiger partial charge in [0.05, 0.1) is 20.8 Å². The fraction of sp³-hybridized carbons (Fsp3) is 0.579. The van der Waals surface area contributed by atoms with Gasteiger partial charge in [0, 0.05) is 10.9 Å². The van der Waals surface area contributed by atoms with E-state index in [2.05, 4.69) is 15.9 Å². The number of benzene rings is 1. The minimum absolute atomic E-state index is 0.166. The molecule has 1 atom stereocenters. The highest BCUT2D eigenvalue weighted by Gasteiger charge is 2.52. The highest BCUT2D eigenvalue weighted by atomic mass is 79.9. The molecule has 1 aromatic rings. The van der Waals surface area contributed by atoms with Gasteiger partial charge in [-0.1, -0.05) is 28.8 Å². The van der Waals surface area contributed by atoms with E-state index in [-0.39, 0.29) is 12.4 Å². The van der Waals surface area contributed by atoms with Crippen molar-refractivity contribution in [2.45, 2.75) is 39.0 Å². The van der Waals surface area contributed by atoms with Crippen molar-refractivity contribution >= 4 is 27.7 Å². The average molecular weight is 413 g/mol. The number of ketones is 1. The van der Waals surface area contributed by atoms with Crippen molar-refractivity contribution in [3.05, 3.63) is 23.3 Å². The highest BCUT2D eigenvalue weighted by molar-refractivity contribution is 9.09. The minimum Gasteiger partial charge on any atom is -0.493 e. The second-order valence-electron chi connectivity index (χ2n) is 6.17. The van der Waals surface area contributed by atoms with Crippen LogP contribution in [0, 0.1) is 5.41 Å². The lowest BCUT2D eigenvalue weighted by atomic mass is 9.78. The van der Waals surface area contributed by atoms with Gasteiger partial charge in [0.1, 0.15) is 5.41 Å². The number of methoxy groups -OCH3 is 2. The third kappa shape index (κ3) is 3.84. The smallest absolute Gasteiger partial charge is 0.320 e. The normalized spacial score (nSPS) is 18.8. The SMILES string of the molecule is CCOC(=O)C1(CCCCCBr)Cc2cc(OC)c(OC)cc2C1=O. The maximum Gasteiger partial charge on any atom is 0.320 e. The molecule has 0 saturated carbocycles. The average Bonchev–Trinajstić information content (AvgIpc) is 2.90. The monoisotopic (exact) mass is 412 g/mol. The number of carbonyl (C=O) groups excluding carboxylic acids is 2. The van der Waals surface area contributed by atoms with E-state index in [9.17, 15) is 9.59 Å². The van der Waals surface area contributed by atoms with Crippen LogP contribution in [-0.4, -0.2) is 37.9 Å². The number of ether oxygens (including phenoxy) is 3. The molecule has 0 N–H and O–H groups in total. The molecule has 6 heteroatoms. The molecule has 0 amide bonds. The van der Waals surface area contributed by atoms with Crippen LogP contribution in [0.2, 0.25) is 0 Å². The van der Waals surface area contributed by atoms with Gasteiger partial charge in [0.2, 0.25) is 0 Å². The molecule has 1 unspecified atom stereocenters. The van der Waals surface area contributed by atoms with Crippen molar-refractivity contribution in [1.82, 2.24) is 0 Å². The number of fused-ring (bicyclic) bond motifs is 1. The largest absolute Gasteiger partial charge is 0.493 e. The maximum atomic E-state index is 13.2. The number of Topliss-reactive ketones (excluding diaryl/α,β-unsaturated/α-hetero) is 1. The fourth-order valence-electron chi connectivity index (χ4n) is 3.38. The number of hydrogen-bond acceptors (Lipinski definition) is 5. The van der Waals surface area contributed by atoms with Gasteiger partial charge in [-0.25, -0.2) is 0 Å². The van der Waals surface area contributed by atoms with Crippen LogP contribution < -0.4 is 9.47 Å². The van der Waals surface area contributed by atoms with Crippen molar-refractivity contribution in [3.8, 4) is 11.5 Å². The summed E-state index contributed by atoms with van der Waals surface area (Å²) in [6.07, 6.45) is 3.63. The van der Waals surface area contributed by atoms with Crippen molar-refractivity contribution in [3.63, 3.8) is 0 Å². The first-order chi connectivity index (χ1) is 12.0. The van der Waals surface area contributed by atoms with Gasteiger partial charge in [0.25, 0.3) is 0 Å². The zero-order valence-corrected chi connectivity index (χ0v) is 16.6. The molecule has 1 aliphatic rings. The Labute approximate surface area is 157 Å². The van der Waals surface area contributed by atoms with Crippen LogP contribution >= 0.6 is 15.9 Å². The number of unbranched alkanes of at least 4 members (excludes halogenated alkanes) is 2. The summed E-state index contributed by atoms with van der Waals surface area (Å²) in [6.45, 7) is 2.02. The van der Waals surface area contributed by atoms with Crippen molar-refractivity contribution < 1.29 is 23.8 Å². The molecule has 0 spiro atoms. The van der Waals surface area contributed by atoms with Gasteiger partial charge in [-0.15, -0.1) is 0 Å². The Kier molecular flexibility index (Phi) is 6.87. The van der Waals surface area contributed by atoms with E-state index in [0.717, 1.165) is 30.2 Å². The standard InChI is InChI=1S/C19H25BrO5/c1-4-25-18(22)19(8-6-5-7-9-20)12-13-10-15(23-2)16(24-3)11-14(13)17(19)21/h10-11H,4-9,12H2,1-3H3. The molecule has 2 rings (SSSR count). The molecule has 25 heavy (non-hydrogen) atoms. The molecule has 1 aliphatic carbocycles. The zero-order valence-electron chi connectivity index (χ0n) is 15.0. The Morgan fingerprint density at radius 2 is 1.84 bits per heavy atom. The quantitative estimate of drug-likeness (QED) is 0.266. The van der Waals surface area contributed by atoms with Gasteiger partial charge >= 0.3 is 5.97 Å². The second kappa shape index (κ2) is 8.70. The van der Waals surface area contributed by atoms with E-state index in [1.165, 1.54) is 7.11 Å². The lowest BCUT2D eigenvalue weighted by Gasteiger charge is -2.25. The summed E-state index contributed by atoms with van der Waals surface area (Å²) in [6, 6.07) is 3.47. The van der Waals surface area contributed by atoms with E-state index in [0.29, 0.717) is 29.9 Å². The molecular weight excluding hydrogens is 388 g/mol. The Hall–Kier alpha value is -1.56. The fourth-order valence-corrected chi connectivity index (χ4v) is 3.77. The number of hydrogen-bond donors (Lipinski definition) is 0. The lowest BCUT2D eigenvalue weighted by molar-refractivity contribution is -0.152. The summed E-state index contributed by atoms with van der Waals surface area (Å²) in [5.74, 6) is 0.468. The molecule has 1 aromatic carbocycles. The highest BCUT2D eigenvalue weighted by Crippen LogP contribution is 2.45.